The molecule has 1 fully saturated rings. The Kier molecular flexibility index (Phi) is 7.35. The standard InChI is InChI=1S/C19H21N5O9S2/c1-7(25)32-4-8-5-34-15-11(14(27)24(15)12(8)16(28)29)22-13(26)10(9-6-35-18(20)21-9)23-33-19(2,3)17(30)31/h6,11,15H,4-5H2,1-3H3,(H2,20,21)(H,22,26)(H,28,29)(H,30,31)/t11-,15+/m0/s1. The van der Waals surface area contributed by atoms with Crippen molar-refractivity contribution in [2.24, 2.45) is 5.16 Å². The van der Waals surface area contributed by atoms with Gasteiger partial charge in [0, 0.05) is 23.6 Å². The maximum absolute atomic E-state index is 13.0. The minimum atomic E-state index is -1.77. The fourth-order valence-electron chi connectivity index (χ4n) is 2.99. The van der Waals surface area contributed by atoms with Gasteiger partial charge in [-0.25, -0.2) is 14.6 Å². The van der Waals surface area contributed by atoms with E-state index in [4.69, 9.17) is 15.3 Å². The van der Waals surface area contributed by atoms with Crippen LogP contribution in [-0.4, -0.2) is 84.9 Å². The summed E-state index contributed by atoms with van der Waals surface area (Å²) in [7, 11) is 0. The van der Waals surface area contributed by atoms with E-state index in [-0.39, 0.29) is 34.5 Å². The summed E-state index contributed by atoms with van der Waals surface area (Å²) in [6.07, 6.45) is 0. The summed E-state index contributed by atoms with van der Waals surface area (Å²) in [4.78, 5) is 70.1. The number of β-lactam (4-membered cyclic amide) rings is 1. The smallest absolute Gasteiger partial charge is 0.352 e. The zero-order valence-electron chi connectivity index (χ0n) is 18.6. The van der Waals surface area contributed by atoms with Gasteiger partial charge in [0.25, 0.3) is 11.8 Å². The molecule has 14 nitrogen and oxygen atoms in total. The van der Waals surface area contributed by atoms with Crippen LogP contribution in [0.4, 0.5) is 5.13 Å². The molecule has 2 aliphatic rings. The summed E-state index contributed by atoms with van der Waals surface area (Å²) in [5.74, 6) is -4.76. The van der Waals surface area contributed by atoms with E-state index < -0.39 is 52.5 Å². The van der Waals surface area contributed by atoms with Crippen molar-refractivity contribution in [3.8, 4) is 0 Å². The number of oxime groups is 1. The number of esters is 1. The van der Waals surface area contributed by atoms with Crippen molar-refractivity contribution in [1.82, 2.24) is 15.2 Å². The molecule has 3 rings (SSSR count). The summed E-state index contributed by atoms with van der Waals surface area (Å²) >= 11 is 2.18. The first-order chi connectivity index (χ1) is 16.3. The highest BCUT2D eigenvalue weighted by Crippen LogP contribution is 2.40. The van der Waals surface area contributed by atoms with Crippen molar-refractivity contribution >= 4 is 63.7 Å². The molecule has 0 aromatic carbocycles. The second kappa shape index (κ2) is 9.91. The fourth-order valence-corrected chi connectivity index (χ4v) is 4.87. The molecule has 2 atom stereocenters. The number of ether oxygens (including phenoxy) is 1. The van der Waals surface area contributed by atoms with Crippen molar-refractivity contribution in [3.05, 3.63) is 22.3 Å². The normalized spacial score (nSPS) is 20.0. The van der Waals surface area contributed by atoms with Gasteiger partial charge in [-0.15, -0.1) is 23.1 Å². The van der Waals surface area contributed by atoms with Gasteiger partial charge >= 0.3 is 17.9 Å². The number of thioether (sulfide) groups is 1. The van der Waals surface area contributed by atoms with E-state index >= 15 is 0 Å². The van der Waals surface area contributed by atoms with Gasteiger partial charge < -0.3 is 30.8 Å². The molecule has 1 saturated heterocycles. The van der Waals surface area contributed by atoms with Crippen molar-refractivity contribution < 1.29 is 43.8 Å². The van der Waals surface area contributed by atoms with Crippen LogP contribution in [0.3, 0.4) is 0 Å². The molecule has 0 spiro atoms. The molecule has 5 N–H and O–H groups in total. The highest BCUT2D eigenvalue weighted by molar-refractivity contribution is 8.00. The molecule has 3 heterocycles. The predicted molar refractivity (Wildman–Crippen MR) is 122 cm³/mol. The highest BCUT2D eigenvalue weighted by atomic mass is 32.2. The molecule has 1 aromatic heterocycles. The average molecular weight is 528 g/mol. The third-order valence-corrected chi connectivity index (χ3v) is 6.86. The van der Waals surface area contributed by atoms with Crippen molar-refractivity contribution in [2.45, 2.75) is 37.8 Å². The molecule has 2 aliphatic heterocycles. The van der Waals surface area contributed by atoms with Crippen LogP contribution in [0.2, 0.25) is 0 Å². The number of fused-ring (bicyclic) bond motifs is 1. The lowest BCUT2D eigenvalue weighted by atomic mass is 10.0. The molecular weight excluding hydrogens is 506 g/mol. The molecular formula is C19H21N5O9S2. The molecule has 0 aliphatic carbocycles. The zero-order valence-corrected chi connectivity index (χ0v) is 20.3. The van der Waals surface area contributed by atoms with E-state index in [0.29, 0.717) is 0 Å². The summed E-state index contributed by atoms with van der Waals surface area (Å²) in [6.45, 7) is 3.35. The van der Waals surface area contributed by atoms with Gasteiger partial charge in [0.2, 0.25) is 5.60 Å². The quantitative estimate of drug-likeness (QED) is 0.140. The number of rotatable bonds is 9. The Balaban J connectivity index is 1.82. The van der Waals surface area contributed by atoms with Gasteiger partial charge in [-0.1, -0.05) is 5.16 Å². The fraction of sp³-hybridized carbons (Fsp3) is 0.421. The first-order valence-electron chi connectivity index (χ1n) is 9.88. The van der Waals surface area contributed by atoms with Gasteiger partial charge in [0.05, 0.1) is 0 Å². The lowest BCUT2D eigenvalue weighted by molar-refractivity contribution is -0.161. The maximum atomic E-state index is 13.0. The van der Waals surface area contributed by atoms with E-state index in [0.717, 1.165) is 16.2 Å². The number of carbonyl (C=O) groups excluding carboxylic acids is 3. The number of nitrogens with one attached hydrogen (secondary N) is 1. The minimum Gasteiger partial charge on any atom is -0.478 e. The molecule has 0 radical (unpaired) electrons. The number of thiazole rings is 1. The van der Waals surface area contributed by atoms with Gasteiger partial charge in [-0.05, 0) is 13.8 Å². The van der Waals surface area contributed by atoms with Gasteiger partial charge in [0.1, 0.15) is 29.4 Å². The number of hydrogen-bond acceptors (Lipinski definition) is 12. The van der Waals surface area contributed by atoms with Crippen molar-refractivity contribution in [2.75, 3.05) is 18.1 Å². The summed E-state index contributed by atoms with van der Waals surface area (Å²) in [6, 6.07) is -1.11. The van der Waals surface area contributed by atoms with Crippen LogP contribution < -0.4 is 11.1 Å². The number of nitrogens with two attached hydrogens (primary N) is 1. The van der Waals surface area contributed by atoms with Crippen molar-refractivity contribution in [3.63, 3.8) is 0 Å². The number of nitrogens with zero attached hydrogens (tertiary/aromatic N) is 3. The van der Waals surface area contributed by atoms with E-state index in [1.807, 2.05) is 0 Å². The lowest BCUT2D eigenvalue weighted by Crippen LogP contribution is -2.71. The number of nitrogen functional groups attached to an aromatic ring is 1. The molecule has 0 unspecified atom stereocenters. The number of hydrogen-bond donors (Lipinski definition) is 4. The Bertz CT molecular complexity index is 1160. The Morgan fingerprint density at radius 2 is 2.03 bits per heavy atom. The third kappa shape index (κ3) is 5.37. The van der Waals surface area contributed by atoms with Crippen LogP contribution in [0.15, 0.2) is 21.8 Å². The number of carboxylic acids is 2. The van der Waals surface area contributed by atoms with Crippen LogP contribution in [0, 0.1) is 0 Å². The van der Waals surface area contributed by atoms with Crippen LogP contribution in [-0.2, 0) is 33.5 Å². The number of amides is 2. The molecule has 188 valence electrons. The number of aromatic nitrogens is 1. The number of carbonyl (C=O) groups is 5. The predicted octanol–water partition coefficient (Wildman–Crippen LogP) is -0.389. The van der Waals surface area contributed by atoms with Crippen molar-refractivity contribution in [1.29, 1.82) is 0 Å². The Morgan fingerprint density at radius 1 is 1.34 bits per heavy atom. The SMILES string of the molecule is CC(=O)OCC1=C(C(=O)O)N2C(=O)[C@H](NC(=O)C(=NOC(C)(C)C(=O)O)c3csc(N)n3)[C@H]2SC1. The monoisotopic (exact) mass is 527 g/mol. The Hall–Kier alpha value is -3.66. The van der Waals surface area contributed by atoms with Crippen LogP contribution in [0.5, 0.6) is 0 Å². The molecule has 16 heteroatoms. The van der Waals surface area contributed by atoms with Gasteiger partial charge in [-0.3, -0.25) is 19.3 Å². The summed E-state index contributed by atoms with van der Waals surface area (Å²) < 4.78 is 4.88. The highest BCUT2D eigenvalue weighted by Gasteiger charge is 2.54. The molecule has 0 bridgehead atoms. The molecule has 35 heavy (non-hydrogen) atoms. The summed E-state index contributed by atoms with van der Waals surface area (Å²) in [5, 5.41) is 25.8. The largest absolute Gasteiger partial charge is 0.478 e. The second-order valence-electron chi connectivity index (χ2n) is 7.82. The van der Waals surface area contributed by atoms with E-state index in [1.54, 1.807) is 0 Å². The number of carboxylic acid groups (broad SMARTS) is 2. The van der Waals surface area contributed by atoms with Crippen LogP contribution in [0.1, 0.15) is 26.5 Å². The molecule has 1 aromatic rings. The second-order valence-corrected chi connectivity index (χ2v) is 9.81. The van der Waals surface area contributed by atoms with E-state index in [2.05, 4.69) is 15.5 Å². The van der Waals surface area contributed by atoms with Crippen LogP contribution in [0.25, 0.3) is 0 Å². The first kappa shape index (κ1) is 26.0. The van der Waals surface area contributed by atoms with E-state index in [1.165, 1.54) is 37.9 Å². The average Bonchev–Trinajstić information content (AvgIpc) is 3.20. The number of anilines is 1. The molecule has 0 saturated carbocycles. The van der Waals surface area contributed by atoms with Gasteiger partial charge in [-0.2, -0.15) is 0 Å². The lowest BCUT2D eigenvalue weighted by Gasteiger charge is -2.49. The van der Waals surface area contributed by atoms with E-state index in [9.17, 15) is 34.2 Å². The third-order valence-electron chi connectivity index (χ3n) is 4.85. The molecule has 2 amide bonds. The Labute approximate surface area is 206 Å². The summed E-state index contributed by atoms with van der Waals surface area (Å²) in [5.41, 5.74) is 3.38. The zero-order chi connectivity index (χ0) is 26.1. The van der Waals surface area contributed by atoms with Crippen LogP contribution >= 0.6 is 23.1 Å². The maximum Gasteiger partial charge on any atom is 0.352 e. The minimum absolute atomic E-state index is 0.000836. The number of aliphatic carboxylic acids is 2. The Morgan fingerprint density at radius 3 is 2.57 bits per heavy atom. The van der Waals surface area contributed by atoms with Gasteiger partial charge in [0.15, 0.2) is 10.8 Å². The first-order valence-corrected chi connectivity index (χ1v) is 11.8. The topological polar surface area (TPSA) is 211 Å².